The van der Waals surface area contributed by atoms with E-state index in [1.807, 2.05) is 0 Å². The van der Waals surface area contributed by atoms with E-state index in [4.69, 9.17) is 16.3 Å². The maximum absolute atomic E-state index is 13.5. The minimum Gasteiger partial charge on any atom is -0.406 e. The van der Waals surface area contributed by atoms with Crippen LogP contribution in [-0.4, -0.2) is 20.9 Å². The second kappa shape index (κ2) is 7.67. The zero-order chi connectivity index (χ0) is 19.4. The van der Waals surface area contributed by atoms with Gasteiger partial charge in [-0.05, 0) is 36.4 Å². The summed E-state index contributed by atoms with van der Waals surface area (Å²) >= 11 is 5.75. The smallest absolute Gasteiger partial charge is 0.406 e. The minimum atomic E-state index is -4.80. The Kier molecular flexibility index (Phi) is 5.31. The number of pyridine rings is 1. The van der Waals surface area contributed by atoms with Gasteiger partial charge in [0, 0.05) is 11.2 Å². The number of nitrogens with zero attached hydrogens (tertiary/aromatic N) is 3. The molecule has 0 saturated heterocycles. The molecule has 0 radical (unpaired) electrons. The Labute approximate surface area is 156 Å². The third kappa shape index (κ3) is 4.56. The van der Waals surface area contributed by atoms with Gasteiger partial charge in [-0.15, -0.1) is 0 Å². The molecule has 3 aromatic rings. The van der Waals surface area contributed by atoms with E-state index in [1.165, 1.54) is 30.5 Å². The molecule has 140 valence electrons. The molecule has 1 N–H and O–H groups in total. The Morgan fingerprint density at radius 3 is 2.56 bits per heavy atom. The molecule has 27 heavy (non-hydrogen) atoms. The van der Waals surface area contributed by atoms with Gasteiger partial charge in [0.2, 0.25) is 0 Å². The third-order valence-electron chi connectivity index (χ3n) is 3.42. The van der Waals surface area contributed by atoms with E-state index in [0.29, 0.717) is 15.4 Å². The average Bonchev–Trinajstić information content (AvgIpc) is 3.05. The monoisotopic (exact) mass is 396 g/mol. The van der Waals surface area contributed by atoms with Crippen molar-refractivity contribution in [3.63, 3.8) is 0 Å². The first-order chi connectivity index (χ1) is 12.8. The van der Waals surface area contributed by atoms with Crippen molar-refractivity contribution in [1.29, 1.82) is 0 Å². The van der Waals surface area contributed by atoms with Crippen LogP contribution in [-0.2, 0) is 12.7 Å². The molecule has 6 nitrogen and oxygen atoms in total. The topological polar surface area (TPSA) is 69.0 Å². The highest BCUT2D eigenvalue weighted by Crippen LogP contribution is 2.37. The normalized spacial score (nSPS) is 11.3. The molecule has 1 amide bonds. The van der Waals surface area contributed by atoms with Gasteiger partial charge in [0.15, 0.2) is 11.4 Å². The molecule has 0 aliphatic carbocycles. The van der Waals surface area contributed by atoms with Gasteiger partial charge in [0.25, 0.3) is 0 Å². The van der Waals surface area contributed by atoms with E-state index < -0.39 is 23.7 Å². The van der Waals surface area contributed by atoms with E-state index >= 15 is 0 Å². The van der Waals surface area contributed by atoms with Gasteiger partial charge >= 0.3 is 12.3 Å². The van der Waals surface area contributed by atoms with Crippen LogP contribution in [0.4, 0.5) is 18.0 Å². The summed E-state index contributed by atoms with van der Waals surface area (Å²) in [6.45, 7) is 0.00630. The number of hydrogen-bond acceptors (Lipinski definition) is 4. The summed E-state index contributed by atoms with van der Waals surface area (Å²) in [5, 5.41) is 6.39. The van der Waals surface area contributed by atoms with Crippen molar-refractivity contribution in [3.05, 3.63) is 71.3 Å². The lowest BCUT2D eigenvalue weighted by Gasteiger charge is -2.13. The molecule has 1 aromatic carbocycles. The first-order valence-electron chi connectivity index (χ1n) is 7.61. The highest BCUT2D eigenvalue weighted by atomic mass is 35.5. The summed E-state index contributed by atoms with van der Waals surface area (Å²) < 4.78 is 45.9. The second-order valence-electron chi connectivity index (χ2n) is 5.31. The van der Waals surface area contributed by atoms with E-state index in [2.05, 4.69) is 15.4 Å². The first-order valence-corrected chi connectivity index (χ1v) is 7.99. The fraction of sp³-hybridized carbons (Fsp3) is 0.118. The van der Waals surface area contributed by atoms with Crippen LogP contribution in [0.1, 0.15) is 11.4 Å². The van der Waals surface area contributed by atoms with Crippen LogP contribution in [0, 0.1) is 0 Å². The standard InChI is InChI=1S/C17H12ClF3N4O2/c18-11-4-6-13(7-5-11)25-15(17(19,20)21)14(10-24-25)27-16(26)23-9-12-3-1-2-8-22-12/h1-8,10H,9H2,(H,23,26). The maximum Gasteiger partial charge on any atom is 0.437 e. The first kappa shape index (κ1) is 18.7. The molecule has 0 aliphatic heterocycles. The Morgan fingerprint density at radius 1 is 1.19 bits per heavy atom. The van der Waals surface area contributed by atoms with Gasteiger partial charge in [-0.2, -0.15) is 18.3 Å². The van der Waals surface area contributed by atoms with Crippen LogP contribution in [0.25, 0.3) is 5.69 Å². The highest BCUT2D eigenvalue weighted by molar-refractivity contribution is 6.30. The van der Waals surface area contributed by atoms with Gasteiger partial charge in [0.1, 0.15) is 0 Å². The van der Waals surface area contributed by atoms with Crippen LogP contribution in [0.15, 0.2) is 54.9 Å². The van der Waals surface area contributed by atoms with Crippen LogP contribution >= 0.6 is 11.6 Å². The molecular weight excluding hydrogens is 385 g/mol. The number of benzene rings is 1. The number of rotatable bonds is 4. The summed E-state index contributed by atoms with van der Waals surface area (Å²) in [7, 11) is 0. The largest absolute Gasteiger partial charge is 0.437 e. The molecule has 0 fully saturated rings. The van der Waals surface area contributed by atoms with Crippen molar-refractivity contribution >= 4 is 17.7 Å². The minimum absolute atomic E-state index is 0.00630. The number of amides is 1. The van der Waals surface area contributed by atoms with Gasteiger partial charge < -0.3 is 10.1 Å². The van der Waals surface area contributed by atoms with E-state index in [9.17, 15) is 18.0 Å². The van der Waals surface area contributed by atoms with E-state index in [0.717, 1.165) is 6.20 Å². The van der Waals surface area contributed by atoms with Gasteiger partial charge in [0.05, 0.1) is 24.1 Å². The number of carbonyl (C=O) groups excluding carboxylic acids is 1. The Morgan fingerprint density at radius 2 is 1.93 bits per heavy atom. The molecule has 0 unspecified atom stereocenters. The highest BCUT2D eigenvalue weighted by Gasteiger charge is 2.40. The molecule has 0 spiro atoms. The molecule has 10 heteroatoms. The number of carbonyl (C=O) groups is 1. The zero-order valence-electron chi connectivity index (χ0n) is 13.6. The Bertz CT molecular complexity index is 928. The summed E-state index contributed by atoms with van der Waals surface area (Å²) in [6.07, 6.45) is -3.49. The Balaban J connectivity index is 1.81. The quantitative estimate of drug-likeness (QED) is 0.716. The summed E-state index contributed by atoms with van der Waals surface area (Å²) in [5.41, 5.74) is -0.560. The predicted octanol–water partition coefficient (Wildman–Crippen LogP) is 4.23. The fourth-order valence-electron chi connectivity index (χ4n) is 2.25. The van der Waals surface area contributed by atoms with Crippen molar-refractivity contribution in [2.45, 2.75) is 12.7 Å². The molecule has 0 aliphatic rings. The van der Waals surface area contributed by atoms with Gasteiger partial charge in [-0.3, -0.25) is 4.98 Å². The van der Waals surface area contributed by atoms with E-state index in [1.54, 1.807) is 18.2 Å². The summed E-state index contributed by atoms with van der Waals surface area (Å²) in [4.78, 5) is 15.9. The summed E-state index contributed by atoms with van der Waals surface area (Å²) in [6, 6.07) is 10.7. The van der Waals surface area contributed by atoms with Crippen molar-refractivity contribution in [1.82, 2.24) is 20.1 Å². The zero-order valence-corrected chi connectivity index (χ0v) is 14.3. The van der Waals surface area contributed by atoms with E-state index in [-0.39, 0.29) is 12.2 Å². The molecule has 0 bridgehead atoms. The van der Waals surface area contributed by atoms with Crippen molar-refractivity contribution < 1.29 is 22.7 Å². The summed E-state index contributed by atoms with van der Waals surface area (Å²) in [5.74, 6) is -0.712. The number of ether oxygens (including phenoxy) is 1. The number of aromatic nitrogens is 3. The number of alkyl halides is 3. The number of hydrogen-bond donors (Lipinski definition) is 1. The third-order valence-corrected chi connectivity index (χ3v) is 3.67. The molecular formula is C17H12ClF3N4O2. The van der Waals surface area contributed by atoms with Crippen molar-refractivity contribution in [2.75, 3.05) is 0 Å². The molecule has 2 heterocycles. The predicted molar refractivity (Wildman–Crippen MR) is 90.7 cm³/mol. The van der Waals surface area contributed by atoms with Crippen molar-refractivity contribution in [2.24, 2.45) is 0 Å². The Hall–Kier alpha value is -3.07. The molecule has 0 atom stereocenters. The lowest BCUT2D eigenvalue weighted by atomic mass is 10.3. The van der Waals surface area contributed by atoms with Crippen molar-refractivity contribution in [3.8, 4) is 11.4 Å². The van der Waals surface area contributed by atoms with Crippen LogP contribution in [0.5, 0.6) is 5.75 Å². The molecule has 3 rings (SSSR count). The fourth-order valence-corrected chi connectivity index (χ4v) is 2.37. The van der Waals surface area contributed by atoms with Crippen LogP contribution in [0.2, 0.25) is 5.02 Å². The van der Waals surface area contributed by atoms with Crippen LogP contribution < -0.4 is 10.1 Å². The molecule has 0 saturated carbocycles. The maximum atomic E-state index is 13.5. The number of halogens is 4. The lowest BCUT2D eigenvalue weighted by molar-refractivity contribution is -0.143. The van der Waals surface area contributed by atoms with Gasteiger partial charge in [-0.1, -0.05) is 17.7 Å². The second-order valence-corrected chi connectivity index (χ2v) is 5.74. The molecule has 2 aromatic heterocycles. The van der Waals surface area contributed by atoms with Gasteiger partial charge in [-0.25, -0.2) is 9.48 Å². The SMILES string of the molecule is O=C(NCc1ccccn1)Oc1cnn(-c2ccc(Cl)cc2)c1C(F)(F)F. The number of nitrogens with one attached hydrogen (secondary N) is 1. The van der Waals surface area contributed by atoms with Crippen LogP contribution in [0.3, 0.4) is 0 Å². The average molecular weight is 397 g/mol. The lowest BCUT2D eigenvalue weighted by Crippen LogP contribution is -2.27.